The number of anilines is 1. The summed E-state index contributed by atoms with van der Waals surface area (Å²) in [6.45, 7) is 7.20. The summed E-state index contributed by atoms with van der Waals surface area (Å²) in [5, 5.41) is 13.8. The van der Waals surface area contributed by atoms with Gasteiger partial charge in [-0.2, -0.15) is 10.4 Å². The van der Waals surface area contributed by atoms with Crippen molar-refractivity contribution >= 4 is 11.2 Å². The Labute approximate surface area is 182 Å². The van der Waals surface area contributed by atoms with Gasteiger partial charge in [0.2, 0.25) is 0 Å². The van der Waals surface area contributed by atoms with Crippen LogP contribution in [0.2, 0.25) is 0 Å². The summed E-state index contributed by atoms with van der Waals surface area (Å²) >= 11 is 0. The first-order valence-corrected chi connectivity index (χ1v) is 11.1. The van der Waals surface area contributed by atoms with E-state index in [1.165, 1.54) is 22.5 Å². The van der Waals surface area contributed by atoms with Crippen molar-refractivity contribution in [3.63, 3.8) is 0 Å². The molecule has 5 heterocycles. The molecule has 2 saturated heterocycles. The van der Waals surface area contributed by atoms with Crippen molar-refractivity contribution in [3.05, 3.63) is 64.8 Å². The predicted octanol–water partition coefficient (Wildman–Crippen LogP) is 2.23. The number of likely N-dealkylation sites (tertiary alicyclic amines) is 1. The maximum atomic E-state index is 9.40. The lowest BCUT2D eigenvalue weighted by Gasteiger charge is -2.42. The van der Waals surface area contributed by atoms with Crippen molar-refractivity contribution < 1.29 is 0 Å². The molecule has 2 atom stereocenters. The fraction of sp³-hybridized carbons (Fsp3) is 0.417. The third-order valence-corrected chi connectivity index (χ3v) is 7.20. The first kappa shape index (κ1) is 18.5. The summed E-state index contributed by atoms with van der Waals surface area (Å²) in [7, 11) is 0. The zero-order chi connectivity index (χ0) is 21.1. The van der Waals surface area contributed by atoms with E-state index in [1.807, 2.05) is 12.1 Å². The Hall–Kier alpha value is -3.24. The minimum atomic E-state index is 0.301. The summed E-state index contributed by atoms with van der Waals surface area (Å²) < 4.78 is 1.75. The third-order valence-electron chi connectivity index (χ3n) is 7.20. The van der Waals surface area contributed by atoms with Crippen LogP contribution in [0.1, 0.15) is 25.5 Å². The first-order valence-electron chi connectivity index (χ1n) is 11.1. The van der Waals surface area contributed by atoms with Gasteiger partial charge < -0.3 is 20.4 Å². The minimum absolute atomic E-state index is 0.301. The fourth-order valence-electron chi connectivity index (χ4n) is 5.61. The second kappa shape index (κ2) is 6.89. The second-order valence-electron chi connectivity index (χ2n) is 9.12. The Kier molecular flexibility index (Phi) is 4.12. The normalized spacial score (nSPS) is 25.5. The fourth-order valence-corrected chi connectivity index (χ4v) is 5.61. The van der Waals surface area contributed by atoms with Crippen LogP contribution in [0, 0.1) is 11.3 Å². The van der Waals surface area contributed by atoms with E-state index in [9.17, 15) is 5.26 Å². The van der Waals surface area contributed by atoms with Crippen LogP contribution in [0.3, 0.4) is 0 Å². The number of pyridine rings is 1. The number of nitrogens with zero attached hydrogens (tertiary/aromatic N) is 6. The zero-order valence-corrected chi connectivity index (χ0v) is 17.8. The van der Waals surface area contributed by atoms with Crippen LogP contribution in [0.25, 0.3) is 5.52 Å². The highest BCUT2D eigenvalue weighted by Crippen LogP contribution is 2.40. The molecule has 7 nitrogen and oxygen atoms in total. The highest BCUT2D eigenvalue weighted by Gasteiger charge is 2.37. The van der Waals surface area contributed by atoms with Gasteiger partial charge in [0.15, 0.2) is 0 Å². The van der Waals surface area contributed by atoms with E-state index in [1.54, 1.807) is 10.7 Å². The van der Waals surface area contributed by atoms with E-state index < -0.39 is 0 Å². The smallest absolute Gasteiger partial charge is 0.142 e. The van der Waals surface area contributed by atoms with Gasteiger partial charge in [-0.3, -0.25) is 0 Å². The minimum Gasteiger partial charge on any atom is -0.370 e. The summed E-state index contributed by atoms with van der Waals surface area (Å²) in [4.78, 5) is 7.48. The average molecular weight is 414 g/mol. The van der Waals surface area contributed by atoms with Gasteiger partial charge in [0, 0.05) is 49.7 Å². The highest BCUT2D eigenvalue weighted by molar-refractivity contribution is 5.74. The maximum absolute atomic E-state index is 9.40. The van der Waals surface area contributed by atoms with E-state index in [4.69, 9.17) is 5.73 Å². The number of hydrogen-bond donors (Lipinski definition) is 1. The molecular formula is C24H27N7. The Morgan fingerprint density at radius 1 is 1.16 bits per heavy atom. The van der Waals surface area contributed by atoms with Gasteiger partial charge >= 0.3 is 0 Å². The molecule has 31 heavy (non-hydrogen) atoms. The molecule has 7 heteroatoms. The molecule has 0 amide bonds. The van der Waals surface area contributed by atoms with Crippen molar-refractivity contribution in [2.75, 3.05) is 37.6 Å². The summed E-state index contributed by atoms with van der Waals surface area (Å²) in [6.07, 6.45) is 8.63. The molecule has 0 unspecified atom stereocenters. The van der Waals surface area contributed by atoms with E-state index >= 15 is 0 Å². The van der Waals surface area contributed by atoms with Gasteiger partial charge in [-0.05, 0) is 55.2 Å². The molecule has 0 saturated carbocycles. The topological polar surface area (TPSA) is 76.8 Å². The molecule has 2 aromatic rings. The molecule has 158 valence electrons. The Morgan fingerprint density at radius 2 is 2.06 bits per heavy atom. The van der Waals surface area contributed by atoms with Crippen molar-refractivity contribution in [2.24, 2.45) is 5.73 Å². The Balaban J connectivity index is 1.33. The number of piperazine rings is 1. The number of allylic oxidation sites excluding steroid dienone is 2. The SMILES string of the molecule is C[C@@H]1CN(c2ccc(C#N)n3nccc23)CC2=C3CC=C(N4CC[C@@H](N)C4)C=C3CN21. The Bertz CT molecular complexity index is 1190. The number of rotatable bonds is 2. The van der Waals surface area contributed by atoms with Gasteiger partial charge in [-0.25, -0.2) is 4.52 Å². The molecule has 2 fully saturated rings. The van der Waals surface area contributed by atoms with Crippen molar-refractivity contribution in [3.8, 4) is 6.07 Å². The lowest BCUT2D eigenvalue weighted by Crippen LogP contribution is -2.49. The summed E-state index contributed by atoms with van der Waals surface area (Å²) in [5.41, 5.74) is 14.6. The van der Waals surface area contributed by atoms with Crippen molar-refractivity contribution in [1.82, 2.24) is 19.4 Å². The molecule has 0 aromatic carbocycles. The van der Waals surface area contributed by atoms with Crippen LogP contribution in [-0.4, -0.2) is 64.2 Å². The Morgan fingerprint density at radius 3 is 2.87 bits per heavy atom. The number of fused-ring (bicyclic) bond motifs is 3. The lowest BCUT2D eigenvalue weighted by atomic mass is 9.96. The van der Waals surface area contributed by atoms with Gasteiger partial charge in [-0.1, -0.05) is 6.08 Å². The van der Waals surface area contributed by atoms with Crippen LogP contribution in [-0.2, 0) is 0 Å². The van der Waals surface area contributed by atoms with Gasteiger partial charge in [0.1, 0.15) is 11.8 Å². The molecule has 4 aliphatic rings. The van der Waals surface area contributed by atoms with Crippen LogP contribution >= 0.6 is 0 Å². The predicted molar refractivity (Wildman–Crippen MR) is 120 cm³/mol. The number of nitriles is 1. The van der Waals surface area contributed by atoms with E-state index in [-0.39, 0.29) is 0 Å². The van der Waals surface area contributed by atoms with Gasteiger partial charge in [0.25, 0.3) is 0 Å². The third kappa shape index (κ3) is 2.86. The highest BCUT2D eigenvalue weighted by atomic mass is 15.3. The van der Waals surface area contributed by atoms with Crippen LogP contribution in [0.4, 0.5) is 5.69 Å². The maximum Gasteiger partial charge on any atom is 0.142 e. The summed E-state index contributed by atoms with van der Waals surface area (Å²) in [5.74, 6) is 0. The number of hydrogen-bond acceptors (Lipinski definition) is 6. The molecule has 1 aliphatic carbocycles. The van der Waals surface area contributed by atoms with Crippen LogP contribution in [0.15, 0.2) is 59.1 Å². The van der Waals surface area contributed by atoms with Crippen molar-refractivity contribution in [2.45, 2.75) is 31.8 Å². The first-order chi connectivity index (χ1) is 15.1. The molecule has 0 radical (unpaired) electrons. The number of aromatic nitrogens is 2. The van der Waals surface area contributed by atoms with Crippen molar-refractivity contribution in [1.29, 1.82) is 5.26 Å². The molecule has 2 aromatic heterocycles. The average Bonchev–Trinajstić information content (AvgIpc) is 3.51. The molecular weight excluding hydrogens is 386 g/mol. The van der Waals surface area contributed by atoms with Crippen LogP contribution in [0.5, 0.6) is 0 Å². The van der Waals surface area contributed by atoms with E-state index in [0.717, 1.165) is 56.8 Å². The standard InChI is InChI=1S/C24H27N7/c1-16-12-29(22-5-3-20(11-25)31-23(22)6-8-27-31)15-24-21-4-2-19(10-17(21)13-30(16)24)28-9-7-18(26)14-28/h2-3,5-6,8,10,16,18H,4,7,9,12-15,26H2,1H3/t16-,18-/m1/s1. The molecule has 3 aliphatic heterocycles. The van der Waals surface area contributed by atoms with E-state index in [0.29, 0.717) is 17.8 Å². The summed E-state index contributed by atoms with van der Waals surface area (Å²) in [6, 6.07) is 8.91. The lowest BCUT2D eigenvalue weighted by molar-refractivity contribution is 0.274. The number of nitrogens with two attached hydrogens (primary N) is 1. The second-order valence-corrected chi connectivity index (χ2v) is 9.12. The molecule has 2 N–H and O–H groups in total. The molecule has 0 bridgehead atoms. The quantitative estimate of drug-likeness (QED) is 0.814. The largest absolute Gasteiger partial charge is 0.370 e. The molecule has 6 rings (SSSR count). The monoisotopic (exact) mass is 413 g/mol. The zero-order valence-electron chi connectivity index (χ0n) is 17.8. The van der Waals surface area contributed by atoms with Crippen LogP contribution < -0.4 is 10.6 Å². The van der Waals surface area contributed by atoms with E-state index in [2.05, 4.69) is 51.0 Å². The van der Waals surface area contributed by atoms with Gasteiger partial charge in [0.05, 0.1) is 23.9 Å². The molecule has 0 spiro atoms. The van der Waals surface area contributed by atoms with Gasteiger partial charge in [-0.15, -0.1) is 0 Å².